The van der Waals surface area contributed by atoms with Crippen LogP contribution in [0.2, 0.25) is 0 Å². The fourth-order valence-electron chi connectivity index (χ4n) is 3.53. The molecule has 0 spiro atoms. The number of methoxy groups -OCH3 is 2. The van der Waals surface area contributed by atoms with Crippen molar-refractivity contribution in [3.05, 3.63) is 65.9 Å². The number of ether oxygens (including phenoxy) is 2. The van der Waals surface area contributed by atoms with Crippen LogP contribution >= 0.6 is 0 Å². The topological polar surface area (TPSA) is 59.5 Å². The second-order valence-corrected chi connectivity index (χ2v) is 6.67. The summed E-state index contributed by atoms with van der Waals surface area (Å²) in [5.74, 6) is 2.95. The highest BCUT2D eigenvalue weighted by Crippen LogP contribution is 2.32. The van der Waals surface area contributed by atoms with Crippen LogP contribution in [0.5, 0.6) is 11.5 Å². The van der Waals surface area contributed by atoms with Crippen LogP contribution < -0.4 is 19.7 Å². The first kappa shape index (κ1) is 18.1. The number of para-hydroxylation sites is 1. The highest BCUT2D eigenvalue weighted by atomic mass is 16.5. The van der Waals surface area contributed by atoms with Gasteiger partial charge in [-0.3, -0.25) is 0 Å². The fourth-order valence-corrected chi connectivity index (χ4v) is 3.53. The van der Waals surface area contributed by atoms with Crippen molar-refractivity contribution < 1.29 is 9.47 Å². The minimum absolute atomic E-state index is 0.598. The van der Waals surface area contributed by atoms with Gasteiger partial charge in [-0.15, -0.1) is 0 Å². The lowest BCUT2D eigenvalue weighted by molar-refractivity contribution is 0.354. The molecule has 144 valence electrons. The Kier molecular flexibility index (Phi) is 5.28. The van der Waals surface area contributed by atoms with Crippen molar-refractivity contribution in [2.75, 3.05) is 31.0 Å². The zero-order valence-electron chi connectivity index (χ0n) is 16.2. The quantitative estimate of drug-likeness (QED) is 0.696. The molecule has 0 unspecified atom stereocenters. The second kappa shape index (κ2) is 8.17. The van der Waals surface area contributed by atoms with E-state index in [2.05, 4.69) is 39.5 Å². The van der Waals surface area contributed by atoms with Gasteiger partial charge in [0.25, 0.3) is 0 Å². The molecule has 0 radical (unpaired) electrons. The predicted molar refractivity (Wildman–Crippen MR) is 111 cm³/mol. The molecule has 6 heteroatoms. The molecule has 0 aliphatic carbocycles. The van der Waals surface area contributed by atoms with E-state index in [-0.39, 0.29) is 0 Å². The van der Waals surface area contributed by atoms with Crippen molar-refractivity contribution in [1.29, 1.82) is 0 Å². The molecule has 0 fully saturated rings. The molecule has 0 saturated carbocycles. The maximum Gasteiger partial charge on any atom is 0.224 e. The van der Waals surface area contributed by atoms with Gasteiger partial charge >= 0.3 is 0 Å². The summed E-state index contributed by atoms with van der Waals surface area (Å²) in [4.78, 5) is 11.4. The molecule has 2 heterocycles. The van der Waals surface area contributed by atoms with Crippen LogP contribution in [0.3, 0.4) is 0 Å². The lowest BCUT2D eigenvalue weighted by Crippen LogP contribution is -2.25. The summed E-state index contributed by atoms with van der Waals surface area (Å²) in [6.07, 6.45) is 4.04. The van der Waals surface area contributed by atoms with Gasteiger partial charge in [0.15, 0.2) is 11.5 Å². The molecule has 1 aliphatic rings. The Morgan fingerprint density at radius 3 is 2.75 bits per heavy atom. The zero-order chi connectivity index (χ0) is 19.3. The molecule has 0 amide bonds. The van der Waals surface area contributed by atoms with Crippen LogP contribution in [0, 0.1) is 0 Å². The third kappa shape index (κ3) is 3.71. The molecular formula is C22H24N4O2. The molecule has 4 rings (SSSR count). The van der Waals surface area contributed by atoms with Gasteiger partial charge in [0.05, 0.1) is 14.2 Å². The Labute approximate surface area is 165 Å². The first-order valence-corrected chi connectivity index (χ1v) is 9.42. The van der Waals surface area contributed by atoms with Gasteiger partial charge in [0.1, 0.15) is 5.82 Å². The van der Waals surface area contributed by atoms with Crippen molar-refractivity contribution in [3.63, 3.8) is 0 Å². The van der Waals surface area contributed by atoms with Gasteiger partial charge in [-0.2, -0.15) is 4.98 Å². The highest BCUT2D eigenvalue weighted by molar-refractivity contribution is 5.65. The van der Waals surface area contributed by atoms with Crippen LogP contribution in [0.25, 0.3) is 0 Å². The first-order chi connectivity index (χ1) is 13.8. The predicted octanol–water partition coefficient (Wildman–Crippen LogP) is 4.19. The standard InChI is InChI=1S/C22H24N4O2/c1-27-19-10-9-16(14-20(19)28-2)15-24-22-23-12-11-21(25-22)26-13-5-7-17-6-3-4-8-18(17)26/h3-4,6,8-12,14H,5,7,13,15H2,1-2H3,(H,23,24,25). The van der Waals surface area contributed by atoms with Gasteiger partial charge in [0.2, 0.25) is 5.95 Å². The largest absolute Gasteiger partial charge is 0.493 e. The molecule has 6 nitrogen and oxygen atoms in total. The summed E-state index contributed by atoms with van der Waals surface area (Å²) < 4.78 is 10.7. The van der Waals surface area contributed by atoms with Crippen molar-refractivity contribution in [1.82, 2.24) is 9.97 Å². The molecule has 3 aromatic rings. The fraction of sp³-hybridized carbons (Fsp3) is 0.273. The second-order valence-electron chi connectivity index (χ2n) is 6.67. The van der Waals surface area contributed by atoms with E-state index in [1.165, 1.54) is 11.3 Å². The summed E-state index contributed by atoms with van der Waals surface area (Å²) in [5.41, 5.74) is 3.67. The van der Waals surface area contributed by atoms with Crippen LogP contribution in [-0.2, 0) is 13.0 Å². The molecule has 0 atom stereocenters. The smallest absolute Gasteiger partial charge is 0.224 e. The van der Waals surface area contributed by atoms with Gasteiger partial charge in [0, 0.05) is 25.0 Å². The van der Waals surface area contributed by atoms with E-state index in [1.54, 1.807) is 20.4 Å². The average Bonchev–Trinajstić information content (AvgIpc) is 2.77. The molecular weight excluding hydrogens is 352 g/mol. The molecule has 2 aromatic carbocycles. The Morgan fingerprint density at radius 2 is 1.89 bits per heavy atom. The first-order valence-electron chi connectivity index (χ1n) is 9.42. The SMILES string of the molecule is COc1ccc(CNc2nccc(N3CCCc4ccccc43)n2)cc1OC. The van der Waals surface area contributed by atoms with Crippen LogP contribution in [0.1, 0.15) is 17.5 Å². The number of rotatable bonds is 6. The van der Waals surface area contributed by atoms with Crippen LogP contribution in [-0.4, -0.2) is 30.7 Å². The van der Waals surface area contributed by atoms with Gasteiger partial charge in [-0.1, -0.05) is 24.3 Å². The van der Waals surface area contributed by atoms with E-state index in [4.69, 9.17) is 14.5 Å². The van der Waals surface area contributed by atoms with Crippen LogP contribution in [0.15, 0.2) is 54.7 Å². The minimum atomic E-state index is 0.598. The molecule has 0 saturated heterocycles. The van der Waals surface area contributed by atoms with E-state index in [1.807, 2.05) is 24.3 Å². The Morgan fingerprint density at radius 1 is 1.04 bits per heavy atom. The number of aryl methyl sites for hydroxylation is 1. The number of benzene rings is 2. The van der Waals surface area contributed by atoms with E-state index in [9.17, 15) is 0 Å². The average molecular weight is 376 g/mol. The highest BCUT2D eigenvalue weighted by Gasteiger charge is 2.19. The summed E-state index contributed by atoms with van der Waals surface area (Å²) in [6.45, 7) is 1.56. The van der Waals surface area contributed by atoms with Gasteiger partial charge in [-0.25, -0.2) is 4.98 Å². The van der Waals surface area contributed by atoms with E-state index >= 15 is 0 Å². The molecule has 28 heavy (non-hydrogen) atoms. The normalized spacial score (nSPS) is 13.0. The third-order valence-electron chi connectivity index (χ3n) is 4.93. The Hall–Kier alpha value is -3.28. The number of fused-ring (bicyclic) bond motifs is 1. The number of hydrogen-bond acceptors (Lipinski definition) is 6. The van der Waals surface area contributed by atoms with E-state index in [0.29, 0.717) is 24.0 Å². The summed E-state index contributed by atoms with van der Waals surface area (Å²) >= 11 is 0. The summed E-state index contributed by atoms with van der Waals surface area (Å²) in [7, 11) is 3.27. The number of nitrogens with zero attached hydrogens (tertiary/aromatic N) is 3. The van der Waals surface area contributed by atoms with E-state index < -0.39 is 0 Å². The number of nitrogens with one attached hydrogen (secondary N) is 1. The molecule has 1 aliphatic heterocycles. The van der Waals surface area contributed by atoms with Crippen LogP contribution in [0.4, 0.5) is 17.5 Å². The van der Waals surface area contributed by atoms with E-state index in [0.717, 1.165) is 30.8 Å². The van der Waals surface area contributed by atoms with Crippen molar-refractivity contribution in [3.8, 4) is 11.5 Å². The zero-order valence-corrected chi connectivity index (χ0v) is 16.2. The number of hydrogen-bond donors (Lipinski definition) is 1. The third-order valence-corrected chi connectivity index (χ3v) is 4.93. The molecule has 1 aromatic heterocycles. The number of aromatic nitrogens is 2. The van der Waals surface area contributed by atoms with Crippen molar-refractivity contribution >= 4 is 17.5 Å². The lowest BCUT2D eigenvalue weighted by atomic mass is 10.0. The minimum Gasteiger partial charge on any atom is -0.493 e. The van der Waals surface area contributed by atoms with Crippen molar-refractivity contribution in [2.45, 2.75) is 19.4 Å². The Balaban J connectivity index is 1.51. The molecule has 1 N–H and O–H groups in total. The Bertz CT molecular complexity index is 961. The van der Waals surface area contributed by atoms with Crippen molar-refractivity contribution in [2.24, 2.45) is 0 Å². The summed E-state index contributed by atoms with van der Waals surface area (Å²) in [5, 5.41) is 3.31. The lowest BCUT2D eigenvalue weighted by Gasteiger charge is -2.30. The van der Waals surface area contributed by atoms with Gasteiger partial charge < -0.3 is 19.7 Å². The van der Waals surface area contributed by atoms with Gasteiger partial charge in [-0.05, 0) is 48.2 Å². The molecule has 0 bridgehead atoms. The maximum atomic E-state index is 5.37. The summed E-state index contributed by atoms with van der Waals surface area (Å²) in [6, 6.07) is 16.3. The number of anilines is 3. The maximum absolute atomic E-state index is 5.37. The monoisotopic (exact) mass is 376 g/mol.